The molecule has 0 spiro atoms. The summed E-state index contributed by atoms with van der Waals surface area (Å²) < 4.78 is 5.41. The summed E-state index contributed by atoms with van der Waals surface area (Å²) in [4.78, 5) is 2.45. The molecule has 16 heavy (non-hydrogen) atoms. The van der Waals surface area contributed by atoms with Gasteiger partial charge in [0.25, 0.3) is 0 Å². The van der Waals surface area contributed by atoms with E-state index in [0.717, 1.165) is 26.2 Å². The highest BCUT2D eigenvalue weighted by Crippen LogP contribution is 2.13. The van der Waals surface area contributed by atoms with E-state index in [1.165, 1.54) is 31.4 Å². The summed E-state index contributed by atoms with van der Waals surface area (Å²) in [6.07, 6.45) is 4.05. The second-order valence-corrected chi connectivity index (χ2v) is 4.66. The molecule has 1 atom stereocenters. The van der Waals surface area contributed by atoms with Crippen molar-refractivity contribution in [2.45, 2.75) is 32.3 Å². The maximum absolute atomic E-state index is 5.41. The Hall–Kier alpha value is -0.380. The number of ether oxygens (including phenoxy) is 1. The first-order chi connectivity index (χ1) is 7.76. The summed E-state index contributed by atoms with van der Waals surface area (Å²) in [6, 6.07) is 0. The standard InChI is InChI=1S/C13H26N2O/c1-4-7-14-9-12(2)10-15-8-5-6-13(11-15)16-3/h13-14H,2,4-11H2,1,3H3. The Morgan fingerprint density at radius 2 is 2.38 bits per heavy atom. The molecule has 1 rings (SSSR count). The Morgan fingerprint density at radius 1 is 1.56 bits per heavy atom. The topological polar surface area (TPSA) is 24.5 Å². The van der Waals surface area contributed by atoms with Crippen LogP contribution in [-0.4, -0.2) is 50.8 Å². The molecule has 1 heterocycles. The van der Waals surface area contributed by atoms with Crippen LogP contribution in [0.1, 0.15) is 26.2 Å². The average molecular weight is 226 g/mol. The highest BCUT2D eigenvalue weighted by molar-refractivity contribution is 5.00. The van der Waals surface area contributed by atoms with E-state index in [0.29, 0.717) is 6.10 Å². The Bertz CT molecular complexity index is 206. The van der Waals surface area contributed by atoms with Gasteiger partial charge in [-0.15, -0.1) is 0 Å². The molecule has 1 aliphatic rings. The number of methoxy groups -OCH3 is 1. The maximum Gasteiger partial charge on any atom is 0.0698 e. The normalized spacial score (nSPS) is 22.2. The number of nitrogens with zero attached hydrogens (tertiary/aromatic N) is 1. The molecule has 1 aliphatic heterocycles. The van der Waals surface area contributed by atoms with Crippen molar-refractivity contribution < 1.29 is 4.74 Å². The van der Waals surface area contributed by atoms with Gasteiger partial charge in [0.05, 0.1) is 6.10 Å². The first kappa shape index (κ1) is 13.7. The van der Waals surface area contributed by atoms with E-state index in [2.05, 4.69) is 23.7 Å². The number of nitrogens with one attached hydrogen (secondary N) is 1. The van der Waals surface area contributed by atoms with Crippen LogP contribution in [0.4, 0.5) is 0 Å². The summed E-state index contributed by atoms with van der Waals surface area (Å²) in [5.41, 5.74) is 1.28. The van der Waals surface area contributed by atoms with Crippen molar-refractivity contribution in [3.8, 4) is 0 Å². The molecule has 0 aromatic carbocycles. The molecule has 0 saturated carbocycles. The largest absolute Gasteiger partial charge is 0.380 e. The van der Waals surface area contributed by atoms with Gasteiger partial charge in [-0.25, -0.2) is 0 Å². The monoisotopic (exact) mass is 226 g/mol. The lowest BCUT2D eigenvalue weighted by atomic mass is 10.1. The lowest BCUT2D eigenvalue weighted by Crippen LogP contribution is -2.40. The van der Waals surface area contributed by atoms with Crippen LogP contribution in [0.2, 0.25) is 0 Å². The molecule has 3 heteroatoms. The van der Waals surface area contributed by atoms with Gasteiger partial charge < -0.3 is 10.1 Å². The third kappa shape index (κ3) is 5.10. The third-order valence-corrected chi connectivity index (χ3v) is 3.04. The van der Waals surface area contributed by atoms with Crippen molar-refractivity contribution in [2.24, 2.45) is 0 Å². The molecule has 0 aromatic rings. The van der Waals surface area contributed by atoms with Gasteiger partial charge in [0.2, 0.25) is 0 Å². The summed E-state index contributed by atoms with van der Waals surface area (Å²) in [5.74, 6) is 0. The van der Waals surface area contributed by atoms with Crippen LogP contribution in [0, 0.1) is 0 Å². The highest BCUT2D eigenvalue weighted by Gasteiger charge is 2.19. The fraction of sp³-hybridized carbons (Fsp3) is 0.846. The molecule has 1 unspecified atom stereocenters. The molecule has 0 aromatic heterocycles. The third-order valence-electron chi connectivity index (χ3n) is 3.04. The Balaban J connectivity index is 2.17. The summed E-state index contributed by atoms with van der Waals surface area (Å²) in [7, 11) is 1.81. The van der Waals surface area contributed by atoms with Gasteiger partial charge in [-0.1, -0.05) is 13.5 Å². The van der Waals surface area contributed by atoms with Gasteiger partial charge in [0, 0.05) is 26.7 Å². The average Bonchev–Trinajstić information content (AvgIpc) is 2.29. The quantitative estimate of drug-likeness (QED) is 0.528. The van der Waals surface area contributed by atoms with E-state index < -0.39 is 0 Å². The van der Waals surface area contributed by atoms with Gasteiger partial charge in [0.15, 0.2) is 0 Å². The second kappa shape index (κ2) is 7.82. The molecule has 0 radical (unpaired) electrons. The number of rotatable bonds is 7. The molecule has 0 bridgehead atoms. The van der Waals surface area contributed by atoms with Crippen molar-refractivity contribution in [2.75, 3.05) is 39.8 Å². The van der Waals surface area contributed by atoms with Crippen molar-refractivity contribution in [3.63, 3.8) is 0 Å². The van der Waals surface area contributed by atoms with Crippen molar-refractivity contribution in [3.05, 3.63) is 12.2 Å². The van der Waals surface area contributed by atoms with E-state index in [-0.39, 0.29) is 0 Å². The summed E-state index contributed by atoms with van der Waals surface area (Å²) >= 11 is 0. The predicted molar refractivity (Wildman–Crippen MR) is 68.8 cm³/mol. The minimum atomic E-state index is 0.421. The first-order valence-corrected chi connectivity index (χ1v) is 6.38. The minimum Gasteiger partial charge on any atom is -0.380 e. The van der Waals surface area contributed by atoms with Crippen LogP contribution in [-0.2, 0) is 4.74 Å². The summed E-state index contributed by atoms with van der Waals surface area (Å²) in [6.45, 7) is 11.6. The molecule has 1 N–H and O–H groups in total. The lowest BCUT2D eigenvalue weighted by molar-refractivity contribution is 0.0347. The van der Waals surface area contributed by atoms with E-state index in [9.17, 15) is 0 Å². The van der Waals surface area contributed by atoms with E-state index >= 15 is 0 Å². The number of piperidine rings is 1. The number of hydrogen-bond donors (Lipinski definition) is 1. The van der Waals surface area contributed by atoms with Crippen molar-refractivity contribution in [1.82, 2.24) is 10.2 Å². The zero-order valence-corrected chi connectivity index (χ0v) is 10.8. The molecule has 3 nitrogen and oxygen atoms in total. The van der Waals surface area contributed by atoms with Crippen LogP contribution in [0.3, 0.4) is 0 Å². The number of likely N-dealkylation sites (tertiary alicyclic amines) is 1. The zero-order chi connectivity index (χ0) is 11.8. The molecule has 94 valence electrons. The van der Waals surface area contributed by atoms with Crippen LogP contribution in [0.25, 0.3) is 0 Å². The van der Waals surface area contributed by atoms with Gasteiger partial charge in [0.1, 0.15) is 0 Å². The van der Waals surface area contributed by atoms with Crippen molar-refractivity contribution >= 4 is 0 Å². The fourth-order valence-electron chi connectivity index (χ4n) is 2.16. The lowest BCUT2D eigenvalue weighted by Gasteiger charge is -2.32. The zero-order valence-electron chi connectivity index (χ0n) is 10.8. The van der Waals surface area contributed by atoms with E-state index in [1.807, 2.05) is 7.11 Å². The first-order valence-electron chi connectivity index (χ1n) is 6.38. The molecule has 1 fully saturated rings. The fourth-order valence-corrected chi connectivity index (χ4v) is 2.16. The predicted octanol–water partition coefficient (Wildman–Crippen LogP) is 1.65. The van der Waals surface area contributed by atoms with Gasteiger partial charge in [-0.3, -0.25) is 4.90 Å². The minimum absolute atomic E-state index is 0.421. The summed E-state index contributed by atoms with van der Waals surface area (Å²) in [5, 5.41) is 3.39. The molecular weight excluding hydrogens is 200 g/mol. The van der Waals surface area contributed by atoms with Gasteiger partial charge in [-0.05, 0) is 37.9 Å². The molecular formula is C13H26N2O. The smallest absolute Gasteiger partial charge is 0.0698 e. The highest BCUT2D eigenvalue weighted by atomic mass is 16.5. The molecule has 0 aliphatic carbocycles. The van der Waals surface area contributed by atoms with Crippen molar-refractivity contribution in [1.29, 1.82) is 0 Å². The Morgan fingerprint density at radius 3 is 3.06 bits per heavy atom. The van der Waals surface area contributed by atoms with Crippen LogP contribution < -0.4 is 5.32 Å². The van der Waals surface area contributed by atoms with Gasteiger partial charge >= 0.3 is 0 Å². The Labute approximate surface area is 99.8 Å². The van der Waals surface area contributed by atoms with Gasteiger partial charge in [-0.2, -0.15) is 0 Å². The van der Waals surface area contributed by atoms with Crippen LogP contribution >= 0.6 is 0 Å². The van der Waals surface area contributed by atoms with E-state index in [1.54, 1.807) is 0 Å². The molecule has 0 amide bonds. The Kier molecular flexibility index (Phi) is 6.69. The number of hydrogen-bond acceptors (Lipinski definition) is 3. The maximum atomic E-state index is 5.41. The van der Waals surface area contributed by atoms with E-state index in [4.69, 9.17) is 4.74 Å². The molecule has 1 saturated heterocycles. The SMILES string of the molecule is C=C(CNCCC)CN1CCCC(OC)C1. The second-order valence-electron chi connectivity index (χ2n) is 4.66. The van der Waals surface area contributed by atoms with Crippen LogP contribution in [0.5, 0.6) is 0 Å². The van der Waals surface area contributed by atoms with Crippen LogP contribution in [0.15, 0.2) is 12.2 Å².